The molecule has 2 rings (SSSR count). The topological polar surface area (TPSA) is 40.5 Å². The fourth-order valence-corrected chi connectivity index (χ4v) is 2.50. The lowest BCUT2D eigenvalue weighted by Gasteiger charge is -2.41. The van der Waals surface area contributed by atoms with E-state index in [0.29, 0.717) is 25.1 Å². The molecule has 1 heterocycles. The number of halogens is 1. The van der Waals surface area contributed by atoms with Gasteiger partial charge in [-0.05, 0) is 38.8 Å². The second kappa shape index (κ2) is 5.06. The third kappa shape index (κ3) is 2.38. The van der Waals surface area contributed by atoms with Crippen molar-refractivity contribution in [3.8, 4) is 0 Å². The predicted molar refractivity (Wildman–Crippen MR) is 66.7 cm³/mol. The van der Waals surface area contributed by atoms with Gasteiger partial charge in [0.15, 0.2) is 0 Å². The highest BCUT2D eigenvalue weighted by atomic mass is 19.1. The molecular formula is C14H18FNO2. The molecule has 98 valence electrons. The highest BCUT2D eigenvalue weighted by Crippen LogP contribution is 2.30. The van der Waals surface area contributed by atoms with E-state index in [1.165, 1.54) is 6.07 Å². The van der Waals surface area contributed by atoms with E-state index in [-0.39, 0.29) is 5.82 Å². The molecule has 0 radical (unpaired) electrons. The Morgan fingerprint density at radius 1 is 1.44 bits per heavy atom. The monoisotopic (exact) mass is 251 g/mol. The van der Waals surface area contributed by atoms with Crippen molar-refractivity contribution in [3.63, 3.8) is 0 Å². The predicted octanol–water partition coefficient (Wildman–Crippen LogP) is 2.65. The average Bonchev–Trinajstić information content (AvgIpc) is 2.34. The highest BCUT2D eigenvalue weighted by Gasteiger charge is 2.41. The Morgan fingerprint density at radius 3 is 2.83 bits per heavy atom. The lowest BCUT2D eigenvalue weighted by molar-refractivity contribution is -0.153. The molecule has 3 nitrogen and oxygen atoms in total. The van der Waals surface area contributed by atoms with E-state index in [9.17, 15) is 14.3 Å². The summed E-state index contributed by atoms with van der Waals surface area (Å²) < 4.78 is 13.6. The van der Waals surface area contributed by atoms with Gasteiger partial charge < -0.3 is 5.11 Å². The molecule has 1 fully saturated rings. The maximum Gasteiger partial charge on any atom is 0.323 e. The molecule has 0 aromatic heterocycles. The average molecular weight is 251 g/mol. The maximum absolute atomic E-state index is 13.6. The first-order chi connectivity index (χ1) is 8.54. The summed E-state index contributed by atoms with van der Waals surface area (Å²) in [6.45, 7) is 2.79. The second-order valence-electron chi connectivity index (χ2n) is 5.05. The van der Waals surface area contributed by atoms with Gasteiger partial charge in [0, 0.05) is 12.1 Å². The van der Waals surface area contributed by atoms with Crippen molar-refractivity contribution in [2.45, 2.75) is 38.3 Å². The Kier molecular flexibility index (Phi) is 3.66. The quantitative estimate of drug-likeness (QED) is 0.897. The van der Waals surface area contributed by atoms with Gasteiger partial charge in [-0.3, -0.25) is 9.69 Å². The Hall–Kier alpha value is -1.42. The van der Waals surface area contributed by atoms with E-state index < -0.39 is 11.5 Å². The van der Waals surface area contributed by atoms with Gasteiger partial charge in [-0.15, -0.1) is 0 Å². The van der Waals surface area contributed by atoms with Gasteiger partial charge in [-0.2, -0.15) is 0 Å². The number of likely N-dealkylation sites (tertiary alicyclic amines) is 1. The molecule has 1 aliphatic heterocycles. The zero-order valence-corrected chi connectivity index (χ0v) is 10.5. The minimum absolute atomic E-state index is 0.268. The van der Waals surface area contributed by atoms with E-state index in [2.05, 4.69) is 0 Å². The summed E-state index contributed by atoms with van der Waals surface area (Å²) in [4.78, 5) is 13.3. The fraction of sp³-hybridized carbons (Fsp3) is 0.500. The van der Waals surface area contributed by atoms with Gasteiger partial charge in [0.1, 0.15) is 11.4 Å². The first-order valence-corrected chi connectivity index (χ1v) is 6.26. The SMILES string of the molecule is CC1(C(=O)O)CCCCN1Cc1ccccc1F. The molecule has 1 N–H and O–H groups in total. The molecule has 0 bridgehead atoms. The first kappa shape index (κ1) is 13.0. The second-order valence-corrected chi connectivity index (χ2v) is 5.05. The van der Waals surface area contributed by atoms with Crippen LogP contribution in [-0.4, -0.2) is 28.1 Å². The van der Waals surface area contributed by atoms with Gasteiger partial charge >= 0.3 is 5.97 Å². The number of carboxylic acid groups (broad SMARTS) is 1. The van der Waals surface area contributed by atoms with E-state index in [0.717, 1.165) is 12.8 Å². The summed E-state index contributed by atoms with van der Waals surface area (Å²) in [5.74, 6) is -1.09. The molecule has 0 amide bonds. The van der Waals surface area contributed by atoms with Crippen LogP contribution in [0.2, 0.25) is 0 Å². The smallest absolute Gasteiger partial charge is 0.323 e. The molecule has 0 aliphatic carbocycles. The summed E-state index contributed by atoms with van der Waals surface area (Å²) in [6, 6.07) is 6.55. The number of carbonyl (C=O) groups is 1. The summed E-state index contributed by atoms with van der Waals surface area (Å²) >= 11 is 0. The minimum Gasteiger partial charge on any atom is -0.480 e. The largest absolute Gasteiger partial charge is 0.480 e. The summed E-state index contributed by atoms with van der Waals surface area (Å²) in [5.41, 5.74) is -0.313. The number of hydrogen-bond donors (Lipinski definition) is 1. The Balaban J connectivity index is 2.21. The number of nitrogens with zero attached hydrogens (tertiary/aromatic N) is 1. The first-order valence-electron chi connectivity index (χ1n) is 6.26. The van der Waals surface area contributed by atoms with Crippen molar-refractivity contribution >= 4 is 5.97 Å². The van der Waals surface area contributed by atoms with Crippen molar-refractivity contribution in [1.29, 1.82) is 0 Å². The molecule has 1 atom stereocenters. The van der Waals surface area contributed by atoms with Crippen LogP contribution >= 0.6 is 0 Å². The third-order valence-corrected chi connectivity index (χ3v) is 3.82. The zero-order chi connectivity index (χ0) is 13.2. The van der Waals surface area contributed by atoms with Crippen molar-refractivity contribution in [2.75, 3.05) is 6.54 Å². The van der Waals surface area contributed by atoms with Gasteiger partial charge in [0.2, 0.25) is 0 Å². The third-order valence-electron chi connectivity index (χ3n) is 3.82. The van der Waals surface area contributed by atoms with E-state index in [1.54, 1.807) is 25.1 Å². The fourth-order valence-electron chi connectivity index (χ4n) is 2.50. The van der Waals surface area contributed by atoms with E-state index >= 15 is 0 Å². The number of piperidine rings is 1. The van der Waals surface area contributed by atoms with Crippen LogP contribution in [0.1, 0.15) is 31.7 Å². The van der Waals surface area contributed by atoms with Crippen molar-refractivity contribution in [2.24, 2.45) is 0 Å². The number of rotatable bonds is 3. The summed E-state index contributed by atoms with van der Waals surface area (Å²) in [6.07, 6.45) is 2.50. The normalized spacial score (nSPS) is 25.0. The van der Waals surface area contributed by atoms with Crippen LogP contribution in [0.3, 0.4) is 0 Å². The highest BCUT2D eigenvalue weighted by molar-refractivity contribution is 5.78. The van der Waals surface area contributed by atoms with Gasteiger partial charge in [0.25, 0.3) is 0 Å². The maximum atomic E-state index is 13.6. The Labute approximate surface area is 106 Å². The van der Waals surface area contributed by atoms with Crippen LogP contribution in [0.15, 0.2) is 24.3 Å². The molecule has 1 aliphatic rings. The van der Waals surface area contributed by atoms with Crippen molar-refractivity contribution in [1.82, 2.24) is 4.90 Å². The van der Waals surface area contributed by atoms with E-state index in [4.69, 9.17) is 0 Å². The molecule has 4 heteroatoms. The molecule has 18 heavy (non-hydrogen) atoms. The lowest BCUT2D eigenvalue weighted by atomic mass is 9.88. The molecule has 1 aromatic rings. The Morgan fingerprint density at radius 2 is 2.17 bits per heavy atom. The summed E-state index contributed by atoms with van der Waals surface area (Å²) in [7, 11) is 0. The molecule has 1 saturated heterocycles. The summed E-state index contributed by atoms with van der Waals surface area (Å²) in [5, 5.41) is 9.38. The molecule has 1 unspecified atom stereocenters. The number of hydrogen-bond acceptors (Lipinski definition) is 2. The van der Waals surface area contributed by atoms with Crippen molar-refractivity contribution < 1.29 is 14.3 Å². The van der Waals surface area contributed by atoms with Gasteiger partial charge in [-0.1, -0.05) is 18.2 Å². The van der Waals surface area contributed by atoms with E-state index in [1.807, 2.05) is 4.90 Å². The minimum atomic E-state index is -0.874. The van der Waals surface area contributed by atoms with Crippen LogP contribution in [0, 0.1) is 5.82 Å². The number of aliphatic carboxylic acids is 1. The van der Waals surface area contributed by atoms with Crippen molar-refractivity contribution in [3.05, 3.63) is 35.6 Å². The van der Waals surface area contributed by atoms with Crippen LogP contribution < -0.4 is 0 Å². The van der Waals surface area contributed by atoms with Gasteiger partial charge in [0.05, 0.1) is 0 Å². The zero-order valence-electron chi connectivity index (χ0n) is 10.5. The molecule has 0 saturated carbocycles. The van der Waals surface area contributed by atoms with Crippen LogP contribution in [0.25, 0.3) is 0 Å². The van der Waals surface area contributed by atoms with Gasteiger partial charge in [-0.25, -0.2) is 4.39 Å². The lowest BCUT2D eigenvalue weighted by Crippen LogP contribution is -2.54. The molecule has 0 spiro atoms. The van der Waals surface area contributed by atoms with Crippen LogP contribution in [0.5, 0.6) is 0 Å². The number of carboxylic acids is 1. The standard InChI is InChI=1S/C14H18FNO2/c1-14(13(17)18)8-4-5-9-16(14)10-11-6-2-3-7-12(11)15/h2-3,6-7H,4-5,8-10H2,1H3,(H,17,18). The van der Waals surface area contributed by atoms with Crippen LogP contribution in [0.4, 0.5) is 4.39 Å². The van der Waals surface area contributed by atoms with Crippen LogP contribution in [-0.2, 0) is 11.3 Å². The molecule has 1 aromatic carbocycles. The number of benzene rings is 1. The molecular weight excluding hydrogens is 233 g/mol. The Bertz CT molecular complexity index is 449.